The Morgan fingerprint density at radius 1 is 1.35 bits per heavy atom. The molecule has 0 aliphatic carbocycles. The molecule has 3 heterocycles. The van der Waals surface area contributed by atoms with E-state index in [4.69, 9.17) is 9.26 Å². The van der Waals surface area contributed by atoms with E-state index in [1.165, 1.54) is 12.8 Å². The number of nitrogens with zero attached hydrogens (tertiary/aromatic N) is 3. The van der Waals surface area contributed by atoms with Crippen molar-refractivity contribution in [3.05, 3.63) is 11.7 Å². The first-order chi connectivity index (χ1) is 9.83. The van der Waals surface area contributed by atoms with Gasteiger partial charge in [-0.05, 0) is 26.2 Å². The van der Waals surface area contributed by atoms with E-state index < -0.39 is 0 Å². The average molecular weight is 280 g/mol. The highest BCUT2D eigenvalue weighted by Crippen LogP contribution is 2.20. The molecule has 112 valence electrons. The van der Waals surface area contributed by atoms with E-state index in [2.05, 4.69) is 27.3 Å². The molecular formula is C14H24N4O2. The number of aromatic nitrogens is 2. The summed E-state index contributed by atoms with van der Waals surface area (Å²) in [5.41, 5.74) is 0. The SMILES string of the molecule is CC(c1nc(CC2CCCCO2)no1)N1CCNCC1. The van der Waals surface area contributed by atoms with Crippen LogP contribution in [0.2, 0.25) is 0 Å². The second-order valence-corrected chi connectivity index (χ2v) is 5.70. The zero-order valence-corrected chi connectivity index (χ0v) is 12.2. The van der Waals surface area contributed by atoms with E-state index in [9.17, 15) is 0 Å². The standard InChI is InChI=1S/C14H24N4O2/c1-11(18-7-5-15-6-8-18)14-16-13(17-20-14)10-12-4-2-3-9-19-12/h11-12,15H,2-10H2,1H3. The molecule has 0 amide bonds. The molecule has 0 bridgehead atoms. The largest absolute Gasteiger partial charge is 0.378 e. The Labute approximate surface area is 119 Å². The lowest BCUT2D eigenvalue weighted by Crippen LogP contribution is -2.44. The number of ether oxygens (including phenoxy) is 1. The van der Waals surface area contributed by atoms with Gasteiger partial charge >= 0.3 is 0 Å². The molecule has 2 fully saturated rings. The van der Waals surface area contributed by atoms with Gasteiger partial charge in [-0.15, -0.1) is 0 Å². The smallest absolute Gasteiger partial charge is 0.243 e. The topological polar surface area (TPSA) is 63.4 Å². The van der Waals surface area contributed by atoms with Crippen LogP contribution in [0.25, 0.3) is 0 Å². The van der Waals surface area contributed by atoms with Gasteiger partial charge in [0.2, 0.25) is 5.89 Å². The fourth-order valence-corrected chi connectivity index (χ4v) is 2.92. The van der Waals surface area contributed by atoms with Crippen molar-refractivity contribution in [1.82, 2.24) is 20.4 Å². The maximum atomic E-state index is 5.73. The minimum Gasteiger partial charge on any atom is -0.378 e. The van der Waals surface area contributed by atoms with Gasteiger partial charge in [0, 0.05) is 39.2 Å². The van der Waals surface area contributed by atoms with Crippen LogP contribution in [0, 0.1) is 0 Å². The van der Waals surface area contributed by atoms with Gasteiger partial charge in [0.25, 0.3) is 0 Å². The van der Waals surface area contributed by atoms with Crippen LogP contribution in [0.4, 0.5) is 0 Å². The van der Waals surface area contributed by atoms with Crippen molar-refractivity contribution < 1.29 is 9.26 Å². The van der Waals surface area contributed by atoms with Crippen LogP contribution < -0.4 is 5.32 Å². The van der Waals surface area contributed by atoms with Crippen LogP contribution >= 0.6 is 0 Å². The molecule has 1 aromatic rings. The van der Waals surface area contributed by atoms with Crippen molar-refractivity contribution in [3.63, 3.8) is 0 Å². The quantitative estimate of drug-likeness (QED) is 0.892. The third-order valence-electron chi connectivity index (χ3n) is 4.22. The normalized spacial score (nSPS) is 26.6. The molecule has 0 radical (unpaired) electrons. The molecule has 1 N–H and O–H groups in total. The molecule has 3 rings (SSSR count). The summed E-state index contributed by atoms with van der Waals surface area (Å²) in [5.74, 6) is 1.52. The zero-order chi connectivity index (χ0) is 13.8. The summed E-state index contributed by atoms with van der Waals surface area (Å²) in [6.07, 6.45) is 4.57. The van der Waals surface area contributed by atoms with Crippen LogP contribution in [0.5, 0.6) is 0 Å². The van der Waals surface area contributed by atoms with E-state index in [0.29, 0.717) is 0 Å². The fraction of sp³-hybridized carbons (Fsp3) is 0.857. The zero-order valence-electron chi connectivity index (χ0n) is 12.2. The number of hydrogen-bond acceptors (Lipinski definition) is 6. The predicted molar refractivity (Wildman–Crippen MR) is 74.5 cm³/mol. The third kappa shape index (κ3) is 3.37. The molecule has 1 aromatic heterocycles. The maximum absolute atomic E-state index is 5.73. The van der Waals surface area contributed by atoms with E-state index in [1.807, 2.05) is 0 Å². The van der Waals surface area contributed by atoms with Crippen LogP contribution in [-0.2, 0) is 11.2 Å². The van der Waals surface area contributed by atoms with Gasteiger partial charge in [-0.1, -0.05) is 5.16 Å². The minimum absolute atomic E-state index is 0.200. The lowest BCUT2D eigenvalue weighted by Gasteiger charge is -2.30. The van der Waals surface area contributed by atoms with Gasteiger partial charge in [-0.3, -0.25) is 4.90 Å². The van der Waals surface area contributed by atoms with Crippen molar-refractivity contribution in [3.8, 4) is 0 Å². The van der Waals surface area contributed by atoms with Gasteiger partial charge in [-0.2, -0.15) is 4.98 Å². The lowest BCUT2D eigenvalue weighted by atomic mass is 10.1. The van der Waals surface area contributed by atoms with Crippen molar-refractivity contribution in [1.29, 1.82) is 0 Å². The molecule has 2 atom stereocenters. The van der Waals surface area contributed by atoms with Gasteiger partial charge in [-0.25, -0.2) is 0 Å². The summed E-state index contributed by atoms with van der Waals surface area (Å²) in [6, 6.07) is 0.200. The second-order valence-electron chi connectivity index (χ2n) is 5.70. The summed E-state index contributed by atoms with van der Waals surface area (Å²) in [6.45, 7) is 7.13. The lowest BCUT2D eigenvalue weighted by molar-refractivity contribution is 0.0153. The Kier molecular flexibility index (Phi) is 4.65. The number of piperazine rings is 1. The van der Waals surface area contributed by atoms with E-state index in [1.54, 1.807) is 0 Å². The molecule has 2 aliphatic rings. The molecule has 0 aromatic carbocycles. The monoisotopic (exact) mass is 280 g/mol. The van der Waals surface area contributed by atoms with Crippen LogP contribution in [0.1, 0.15) is 43.9 Å². The number of rotatable bonds is 4. The summed E-state index contributed by atoms with van der Waals surface area (Å²) < 4.78 is 11.2. The molecular weight excluding hydrogens is 256 g/mol. The van der Waals surface area contributed by atoms with Gasteiger partial charge in [0.15, 0.2) is 5.82 Å². The Balaban J connectivity index is 1.57. The first kappa shape index (κ1) is 14.0. The van der Waals surface area contributed by atoms with Crippen LogP contribution in [0.3, 0.4) is 0 Å². The van der Waals surface area contributed by atoms with E-state index in [0.717, 1.165) is 57.3 Å². The van der Waals surface area contributed by atoms with Crippen molar-refractivity contribution in [2.75, 3.05) is 32.8 Å². The van der Waals surface area contributed by atoms with Gasteiger partial charge in [0.05, 0.1) is 12.1 Å². The first-order valence-electron chi connectivity index (χ1n) is 7.72. The molecule has 2 aliphatic heterocycles. The third-order valence-corrected chi connectivity index (χ3v) is 4.22. The Morgan fingerprint density at radius 3 is 2.95 bits per heavy atom. The highest BCUT2D eigenvalue weighted by molar-refractivity contribution is 4.95. The minimum atomic E-state index is 0.200. The Hall–Kier alpha value is -0.980. The van der Waals surface area contributed by atoms with E-state index >= 15 is 0 Å². The molecule has 0 spiro atoms. The number of hydrogen-bond donors (Lipinski definition) is 1. The van der Waals surface area contributed by atoms with Crippen LogP contribution in [0.15, 0.2) is 4.52 Å². The maximum Gasteiger partial charge on any atom is 0.243 e. The Bertz CT molecular complexity index is 411. The molecule has 0 saturated carbocycles. The second kappa shape index (κ2) is 6.65. The van der Waals surface area contributed by atoms with Crippen molar-refractivity contribution >= 4 is 0 Å². The molecule has 20 heavy (non-hydrogen) atoms. The highest BCUT2D eigenvalue weighted by atomic mass is 16.5. The van der Waals surface area contributed by atoms with Crippen molar-refractivity contribution in [2.45, 2.75) is 44.8 Å². The molecule has 6 nitrogen and oxygen atoms in total. The van der Waals surface area contributed by atoms with Gasteiger partial charge < -0.3 is 14.6 Å². The summed E-state index contributed by atoms with van der Waals surface area (Å²) in [4.78, 5) is 6.94. The molecule has 6 heteroatoms. The van der Waals surface area contributed by atoms with Crippen molar-refractivity contribution in [2.24, 2.45) is 0 Å². The molecule has 2 unspecified atom stereocenters. The van der Waals surface area contributed by atoms with Gasteiger partial charge in [0.1, 0.15) is 0 Å². The number of nitrogens with one attached hydrogen (secondary N) is 1. The summed E-state index contributed by atoms with van der Waals surface area (Å²) >= 11 is 0. The fourth-order valence-electron chi connectivity index (χ4n) is 2.92. The highest BCUT2D eigenvalue weighted by Gasteiger charge is 2.24. The Morgan fingerprint density at radius 2 is 2.20 bits per heavy atom. The summed E-state index contributed by atoms with van der Waals surface area (Å²) in [5, 5.41) is 7.47. The average Bonchev–Trinajstić information content (AvgIpc) is 2.97. The first-order valence-corrected chi connectivity index (χ1v) is 7.72. The molecule has 2 saturated heterocycles. The van der Waals surface area contributed by atoms with E-state index in [-0.39, 0.29) is 12.1 Å². The van der Waals surface area contributed by atoms with Crippen LogP contribution in [-0.4, -0.2) is 53.9 Å². The summed E-state index contributed by atoms with van der Waals surface area (Å²) in [7, 11) is 0. The predicted octanol–water partition coefficient (Wildman–Crippen LogP) is 1.15.